The summed E-state index contributed by atoms with van der Waals surface area (Å²) in [5.74, 6) is -0.938. The summed E-state index contributed by atoms with van der Waals surface area (Å²) in [6.45, 7) is 1.93. The summed E-state index contributed by atoms with van der Waals surface area (Å²) in [6, 6.07) is 5.57. The predicted octanol–water partition coefficient (Wildman–Crippen LogP) is 4.16. The fourth-order valence-electron chi connectivity index (χ4n) is 3.37. The number of hydrogen-bond acceptors (Lipinski definition) is 6. The highest BCUT2D eigenvalue weighted by Crippen LogP contribution is 2.28. The summed E-state index contributed by atoms with van der Waals surface area (Å²) in [4.78, 5) is 51.8. The largest absolute Gasteiger partial charge is 0.300 e. The lowest BCUT2D eigenvalue weighted by atomic mass is 10.1. The molecule has 0 spiro atoms. The molecule has 2 N–H and O–H groups in total. The number of aryl methyl sites for hydroxylation is 3. The number of hydrazine groups is 1. The highest BCUT2D eigenvalue weighted by Gasteiger charge is 2.17. The minimum atomic E-state index is -0.421. The Bertz CT molecular complexity index is 921. The lowest BCUT2D eigenvalue weighted by molar-refractivity contribution is -0.125. The quantitative estimate of drug-likeness (QED) is 0.362. The molecule has 0 fully saturated rings. The zero-order valence-electron chi connectivity index (χ0n) is 17.0. The van der Waals surface area contributed by atoms with Crippen molar-refractivity contribution in [2.45, 2.75) is 64.7 Å². The van der Waals surface area contributed by atoms with Gasteiger partial charge in [-0.2, -0.15) is 0 Å². The van der Waals surface area contributed by atoms with E-state index in [2.05, 4.69) is 10.9 Å². The molecular formula is C22H26N2O4S2. The Morgan fingerprint density at radius 1 is 0.867 bits per heavy atom. The lowest BCUT2D eigenvalue weighted by Crippen LogP contribution is -2.41. The third-order valence-corrected chi connectivity index (χ3v) is 7.34. The van der Waals surface area contributed by atoms with Crippen LogP contribution in [-0.4, -0.2) is 23.4 Å². The van der Waals surface area contributed by atoms with E-state index in [-0.39, 0.29) is 43.2 Å². The molecule has 1 aliphatic rings. The van der Waals surface area contributed by atoms with Crippen LogP contribution >= 0.6 is 22.7 Å². The first kappa shape index (κ1) is 22.4. The van der Waals surface area contributed by atoms with Gasteiger partial charge in [0, 0.05) is 35.4 Å². The molecule has 2 aromatic heterocycles. The summed E-state index contributed by atoms with van der Waals surface area (Å²) in [7, 11) is 0. The Labute approximate surface area is 184 Å². The van der Waals surface area contributed by atoms with Gasteiger partial charge in [-0.1, -0.05) is 6.42 Å². The van der Waals surface area contributed by atoms with Gasteiger partial charge in [0.1, 0.15) is 5.78 Å². The van der Waals surface area contributed by atoms with E-state index in [0.717, 1.165) is 30.6 Å². The number of rotatable bonds is 8. The van der Waals surface area contributed by atoms with E-state index < -0.39 is 5.91 Å². The van der Waals surface area contributed by atoms with Crippen LogP contribution in [0.15, 0.2) is 18.2 Å². The van der Waals surface area contributed by atoms with Crippen molar-refractivity contribution in [2.75, 3.05) is 0 Å². The maximum absolute atomic E-state index is 12.3. The fourth-order valence-corrected chi connectivity index (χ4v) is 5.35. The topological polar surface area (TPSA) is 92.3 Å². The molecule has 6 nitrogen and oxygen atoms in total. The third kappa shape index (κ3) is 6.34. The Balaban J connectivity index is 1.35. The third-order valence-electron chi connectivity index (χ3n) is 5.06. The van der Waals surface area contributed by atoms with Gasteiger partial charge in [0.2, 0.25) is 5.91 Å². The van der Waals surface area contributed by atoms with Crippen molar-refractivity contribution in [3.63, 3.8) is 0 Å². The van der Waals surface area contributed by atoms with Gasteiger partial charge < -0.3 is 0 Å². The van der Waals surface area contributed by atoms with E-state index in [0.29, 0.717) is 9.75 Å². The normalized spacial score (nSPS) is 13.2. The van der Waals surface area contributed by atoms with Gasteiger partial charge in [-0.05, 0) is 56.4 Å². The second-order valence-corrected chi connectivity index (χ2v) is 9.92. The van der Waals surface area contributed by atoms with Crippen LogP contribution in [0.3, 0.4) is 0 Å². The average molecular weight is 447 g/mol. The minimum Gasteiger partial charge on any atom is -0.300 e. The van der Waals surface area contributed by atoms with E-state index in [4.69, 9.17) is 0 Å². The maximum atomic E-state index is 12.3. The van der Waals surface area contributed by atoms with E-state index in [1.807, 2.05) is 19.1 Å². The van der Waals surface area contributed by atoms with Crippen molar-refractivity contribution < 1.29 is 19.2 Å². The van der Waals surface area contributed by atoms with Crippen molar-refractivity contribution in [3.8, 4) is 0 Å². The van der Waals surface area contributed by atoms with E-state index in [1.165, 1.54) is 39.5 Å². The second-order valence-electron chi connectivity index (χ2n) is 7.49. The average Bonchev–Trinajstić information content (AvgIpc) is 3.29. The maximum Gasteiger partial charge on any atom is 0.279 e. The molecule has 30 heavy (non-hydrogen) atoms. The van der Waals surface area contributed by atoms with Gasteiger partial charge in [0.05, 0.1) is 9.75 Å². The second kappa shape index (κ2) is 10.6. The van der Waals surface area contributed by atoms with Crippen molar-refractivity contribution in [2.24, 2.45) is 0 Å². The molecule has 160 valence electrons. The standard InChI is InChI=1S/C22H26N2O4S2/c1-14-7-11-19(29-14)17(26)10-8-16(25)9-12-21(27)23-24-22(28)20-13-15-5-3-2-4-6-18(15)30-20/h7,11,13H,2-6,8-10,12H2,1H3,(H,23,27)(H,24,28). The molecule has 2 aromatic rings. The van der Waals surface area contributed by atoms with Crippen LogP contribution in [-0.2, 0) is 22.4 Å². The first-order chi connectivity index (χ1) is 14.4. The highest BCUT2D eigenvalue weighted by molar-refractivity contribution is 7.14. The number of carbonyl (C=O) groups excluding carboxylic acids is 4. The number of Topliss-reactive ketones (excluding diaryl/α,β-unsaturated/α-hetero) is 2. The molecule has 0 unspecified atom stereocenters. The number of nitrogens with one attached hydrogen (secondary N) is 2. The molecule has 0 aromatic carbocycles. The molecule has 0 atom stereocenters. The Kier molecular flexibility index (Phi) is 7.93. The molecular weight excluding hydrogens is 420 g/mol. The molecule has 0 saturated carbocycles. The first-order valence-electron chi connectivity index (χ1n) is 10.2. The van der Waals surface area contributed by atoms with Gasteiger partial charge in [-0.15, -0.1) is 22.7 Å². The monoisotopic (exact) mass is 446 g/mol. The summed E-state index contributed by atoms with van der Waals surface area (Å²) in [6.07, 6.45) is 5.83. The SMILES string of the molecule is Cc1ccc(C(=O)CCC(=O)CCC(=O)NNC(=O)c2cc3c(s2)CCCCC3)s1. The van der Waals surface area contributed by atoms with Crippen LogP contribution in [0.1, 0.15) is 79.6 Å². The van der Waals surface area contributed by atoms with Crippen LogP contribution in [0.5, 0.6) is 0 Å². The Morgan fingerprint density at radius 2 is 1.63 bits per heavy atom. The number of hydrogen-bond donors (Lipinski definition) is 2. The number of amides is 2. The molecule has 0 radical (unpaired) electrons. The zero-order valence-corrected chi connectivity index (χ0v) is 18.7. The van der Waals surface area contributed by atoms with Gasteiger partial charge in [0.25, 0.3) is 5.91 Å². The summed E-state index contributed by atoms with van der Waals surface area (Å²) >= 11 is 2.91. The van der Waals surface area contributed by atoms with Gasteiger partial charge >= 0.3 is 0 Å². The van der Waals surface area contributed by atoms with E-state index in [1.54, 1.807) is 6.07 Å². The molecule has 0 aliphatic heterocycles. The molecule has 2 heterocycles. The number of fused-ring (bicyclic) bond motifs is 1. The van der Waals surface area contributed by atoms with Crippen molar-refractivity contribution in [3.05, 3.63) is 43.3 Å². The summed E-state index contributed by atoms with van der Waals surface area (Å²) in [5, 5.41) is 0. The smallest absolute Gasteiger partial charge is 0.279 e. The molecule has 0 bridgehead atoms. The van der Waals surface area contributed by atoms with Crippen molar-refractivity contribution >= 4 is 46.1 Å². The Morgan fingerprint density at radius 3 is 2.40 bits per heavy atom. The number of thiophene rings is 2. The van der Waals surface area contributed by atoms with Crippen molar-refractivity contribution in [1.29, 1.82) is 0 Å². The van der Waals surface area contributed by atoms with Gasteiger partial charge in [-0.25, -0.2) is 0 Å². The van der Waals surface area contributed by atoms with Gasteiger partial charge in [-0.3, -0.25) is 30.0 Å². The number of ketones is 2. The lowest BCUT2D eigenvalue weighted by Gasteiger charge is -2.06. The van der Waals surface area contributed by atoms with Crippen LogP contribution in [0.2, 0.25) is 0 Å². The van der Waals surface area contributed by atoms with E-state index in [9.17, 15) is 19.2 Å². The summed E-state index contributed by atoms with van der Waals surface area (Å²) in [5.41, 5.74) is 6.04. The molecule has 1 aliphatic carbocycles. The number of carbonyl (C=O) groups is 4. The Hall–Kier alpha value is -2.32. The van der Waals surface area contributed by atoms with Crippen LogP contribution < -0.4 is 10.9 Å². The van der Waals surface area contributed by atoms with Gasteiger partial charge in [0.15, 0.2) is 5.78 Å². The van der Waals surface area contributed by atoms with Crippen LogP contribution in [0.25, 0.3) is 0 Å². The highest BCUT2D eigenvalue weighted by atomic mass is 32.1. The van der Waals surface area contributed by atoms with E-state index >= 15 is 0 Å². The predicted molar refractivity (Wildman–Crippen MR) is 118 cm³/mol. The van der Waals surface area contributed by atoms with Crippen LogP contribution in [0.4, 0.5) is 0 Å². The first-order valence-corrected chi connectivity index (χ1v) is 11.9. The summed E-state index contributed by atoms with van der Waals surface area (Å²) < 4.78 is 0. The fraction of sp³-hybridized carbons (Fsp3) is 0.455. The molecule has 2 amide bonds. The van der Waals surface area contributed by atoms with Crippen LogP contribution in [0, 0.1) is 6.92 Å². The minimum absolute atomic E-state index is 0.0215. The zero-order chi connectivity index (χ0) is 21.5. The molecule has 3 rings (SSSR count). The molecule has 0 saturated heterocycles. The van der Waals surface area contributed by atoms with Crippen molar-refractivity contribution in [1.82, 2.24) is 10.9 Å². The molecule has 8 heteroatoms.